The van der Waals surface area contributed by atoms with Crippen LogP contribution in [0.2, 0.25) is 0 Å². The topological polar surface area (TPSA) is 38.1 Å². The first-order valence-electron chi connectivity index (χ1n) is 5.97. The fourth-order valence-corrected chi connectivity index (χ4v) is 4.55. The van der Waals surface area contributed by atoms with Crippen LogP contribution in [0.15, 0.2) is 12.5 Å². The molecule has 0 N–H and O–H groups in total. The zero-order valence-electron chi connectivity index (χ0n) is 10.4. The Kier molecular flexibility index (Phi) is 2.30. The number of thioether (sulfide) groups is 1. The highest BCUT2D eigenvalue weighted by atomic mass is 32.2. The molecule has 0 spiro atoms. The molecule has 17 heavy (non-hydrogen) atoms. The van der Waals surface area contributed by atoms with E-state index >= 15 is 0 Å². The fourth-order valence-electron chi connectivity index (χ4n) is 2.76. The van der Waals surface area contributed by atoms with Crippen molar-refractivity contribution in [2.45, 2.75) is 49.9 Å². The zero-order chi connectivity index (χ0) is 12.2. The molecule has 92 valence electrons. The lowest BCUT2D eigenvalue weighted by Gasteiger charge is -2.37. The van der Waals surface area contributed by atoms with Gasteiger partial charge in [0.25, 0.3) is 0 Å². The second-order valence-corrected chi connectivity index (χ2v) is 6.97. The number of aryl methyl sites for hydroxylation is 1. The second kappa shape index (κ2) is 3.51. The van der Waals surface area contributed by atoms with E-state index in [-0.39, 0.29) is 4.75 Å². The summed E-state index contributed by atoms with van der Waals surface area (Å²) in [7, 11) is 0. The minimum Gasteiger partial charge on any atom is -0.336 e. The van der Waals surface area contributed by atoms with Gasteiger partial charge < -0.3 is 9.47 Å². The molecule has 2 aliphatic heterocycles. The first-order chi connectivity index (χ1) is 7.99. The van der Waals surface area contributed by atoms with E-state index < -0.39 is 0 Å². The average Bonchev–Trinajstić information content (AvgIpc) is 2.69. The van der Waals surface area contributed by atoms with E-state index in [2.05, 4.69) is 29.6 Å². The number of hydrogen-bond donors (Lipinski definition) is 0. The molecule has 0 aromatic carbocycles. The molecule has 0 saturated carbocycles. The summed E-state index contributed by atoms with van der Waals surface area (Å²) in [5.41, 5.74) is 1.05. The van der Waals surface area contributed by atoms with Crippen LogP contribution in [0.3, 0.4) is 0 Å². The lowest BCUT2D eigenvalue weighted by Crippen LogP contribution is -2.53. The maximum absolute atomic E-state index is 11.6. The molecule has 1 aromatic heterocycles. The van der Waals surface area contributed by atoms with Crippen molar-refractivity contribution in [3.63, 3.8) is 0 Å². The third kappa shape index (κ3) is 1.59. The lowest BCUT2D eigenvalue weighted by molar-refractivity contribution is -0.143. The molecule has 3 atom stereocenters. The van der Waals surface area contributed by atoms with Gasteiger partial charge in [0.2, 0.25) is 5.91 Å². The summed E-state index contributed by atoms with van der Waals surface area (Å²) < 4.78 is 2.24. The van der Waals surface area contributed by atoms with E-state index in [1.165, 1.54) is 0 Å². The van der Waals surface area contributed by atoms with E-state index in [0.717, 1.165) is 12.2 Å². The van der Waals surface area contributed by atoms with Crippen molar-refractivity contribution in [1.29, 1.82) is 0 Å². The first-order valence-corrected chi connectivity index (χ1v) is 6.85. The molecule has 3 heterocycles. The van der Waals surface area contributed by atoms with E-state index in [1.807, 2.05) is 29.9 Å². The van der Waals surface area contributed by atoms with Gasteiger partial charge in [-0.1, -0.05) is 0 Å². The van der Waals surface area contributed by atoms with Gasteiger partial charge >= 0.3 is 0 Å². The van der Waals surface area contributed by atoms with Crippen molar-refractivity contribution in [3.8, 4) is 0 Å². The summed E-state index contributed by atoms with van der Waals surface area (Å²) in [6.07, 6.45) is 4.66. The van der Waals surface area contributed by atoms with Gasteiger partial charge in [0.15, 0.2) is 0 Å². The van der Waals surface area contributed by atoms with Crippen molar-refractivity contribution in [2.24, 2.45) is 0 Å². The molecule has 2 fully saturated rings. The molecule has 2 aliphatic rings. The third-order valence-electron chi connectivity index (χ3n) is 3.91. The standard InChI is InChI=1S/C12H17N3OS/c1-8-5-14(7-13-8)6-12(3)9(2)15-10(16)4-11(15)17-12/h5,7,9,11H,4,6H2,1-3H3/t9-,11?,12-/m0/s1. The predicted octanol–water partition coefficient (Wildman–Crippen LogP) is 1.64. The average molecular weight is 251 g/mol. The number of imidazole rings is 1. The third-order valence-corrected chi connectivity index (χ3v) is 5.59. The highest BCUT2D eigenvalue weighted by Gasteiger charge is 2.55. The summed E-state index contributed by atoms with van der Waals surface area (Å²) >= 11 is 1.94. The maximum Gasteiger partial charge on any atom is 0.226 e. The predicted molar refractivity (Wildman–Crippen MR) is 67.7 cm³/mol. The lowest BCUT2D eigenvalue weighted by atomic mass is 9.98. The number of carbonyl (C=O) groups excluding carboxylic acids is 1. The molecule has 0 bridgehead atoms. The normalized spacial score (nSPS) is 35.9. The van der Waals surface area contributed by atoms with Crippen LogP contribution in [0.5, 0.6) is 0 Å². The summed E-state index contributed by atoms with van der Waals surface area (Å²) in [4.78, 5) is 17.9. The highest BCUT2D eigenvalue weighted by Crippen LogP contribution is 2.51. The molecule has 4 nitrogen and oxygen atoms in total. The van der Waals surface area contributed by atoms with Crippen LogP contribution in [-0.4, -0.2) is 36.5 Å². The number of carbonyl (C=O) groups is 1. The number of fused-ring (bicyclic) bond motifs is 1. The molecular formula is C12H17N3OS. The van der Waals surface area contributed by atoms with Gasteiger partial charge in [-0.3, -0.25) is 4.79 Å². The summed E-state index contributed by atoms with van der Waals surface area (Å²) in [5, 5.41) is 0.409. The molecular weight excluding hydrogens is 234 g/mol. The molecule has 2 saturated heterocycles. The van der Waals surface area contributed by atoms with Gasteiger partial charge in [0, 0.05) is 18.8 Å². The fraction of sp³-hybridized carbons (Fsp3) is 0.667. The molecule has 1 aromatic rings. The first kappa shape index (κ1) is 11.1. The molecule has 0 aliphatic carbocycles. The van der Waals surface area contributed by atoms with Crippen molar-refractivity contribution in [2.75, 3.05) is 0 Å². The van der Waals surface area contributed by atoms with Crippen LogP contribution in [0.25, 0.3) is 0 Å². The second-order valence-electron chi connectivity index (χ2n) is 5.25. The summed E-state index contributed by atoms with van der Waals surface area (Å²) in [6.45, 7) is 7.33. The van der Waals surface area contributed by atoms with Crippen molar-refractivity contribution >= 4 is 17.7 Å². The quantitative estimate of drug-likeness (QED) is 0.750. The van der Waals surface area contributed by atoms with Gasteiger partial charge in [0.05, 0.1) is 28.6 Å². The Morgan fingerprint density at radius 2 is 2.41 bits per heavy atom. The van der Waals surface area contributed by atoms with Gasteiger partial charge in [-0.05, 0) is 20.8 Å². The highest BCUT2D eigenvalue weighted by molar-refractivity contribution is 8.01. The smallest absolute Gasteiger partial charge is 0.226 e. The van der Waals surface area contributed by atoms with Crippen LogP contribution in [-0.2, 0) is 11.3 Å². The molecule has 1 unspecified atom stereocenters. The number of rotatable bonds is 2. The molecule has 5 heteroatoms. The Morgan fingerprint density at radius 3 is 2.94 bits per heavy atom. The van der Waals surface area contributed by atoms with E-state index in [9.17, 15) is 4.79 Å². The van der Waals surface area contributed by atoms with Crippen LogP contribution < -0.4 is 0 Å². The number of aromatic nitrogens is 2. The van der Waals surface area contributed by atoms with Crippen molar-refractivity contribution in [3.05, 3.63) is 18.2 Å². The number of β-lactam (4-membered cyclic amide) rings is 1. The molecule has 3 rings (SSSR count). The van der Waals surface area contributed by atoms with Crippen LogP contribution in [0, 0.1) is 6.92 Å². The zero-order valence-corrected chi connectivity index (χ0v) is 11.2. The Morgan fingerprint density at radius 1 is 1.65 bits per heavy atom. The maximum atomic E-state index is 11.6. The summed E-state index contributed by atoms with van der Waals surface area (Å²) in [6, 6.07) is 0.307. The van der Waals surface area contributed by atoms with Crippen LogP contribution in [0.1, 0.15) is 26.0 Å². The van der Waals surface area contributed by atoms with E-state index in [4.69, 9.17) is 0 Å². The molecule has 0 radical (unpaired) electrons. The van der Waals surface area contributed by atoms with Crippen molar-refractivity contribution < 1.29 is 4.79 Å². The van der Waals surface area contributed by atoms with E-state index in [1.54, 1.807) is 0 Å². The van der Waals surface area contributed by atoms with E-state index in [0.29, 0.717) is 23.7 Å². The number of hydrogen-bond acceptors (Lipinski definition) is 3. The Balaban J connectivity index is 1.80. The summed E-state index contributed by atoms with van der Waals surface area (Å²) in [5.74, 6) is 0.306. The van der Waals surface area contributed by atoms with Gasteiger partial charge in [-0.15, -0.1) is 11.8 Å². The van der Waals surface area contributed by atoms with Gasteiger partial charge in [-0.2, -0.15) is 0 Å². The van der Waals surface area contributed by atoms with Gasteiger partial charge in [0.1, 0.15) is 0 Å². The molecule has 1 amide bonds. The van der Waals surface area contributed by atoms with Gasteiger partial charge in [-0.25, -0.2) is 4.98 Å². The largest absolute Gasteiger partial charge is 0.336 e. The Bertz CT molecular complexity index is 472. The van der Waals surface area contributed by atoms with Crippen LogP contribution in [0.4, 0.5) is 0 Å². The number of amides is 1. The Labute approximate surface area is 105 Å². The van der Waals surface area contributed by atoms with Crippen molar-refractivity contribution in [1.82, 2.24) is 14.5 Å². The van der Waals surface area contributed by atoms with Crippen LogP contribution >= 0.6 is 11.8 Å². The minimum absolute atomic E-state index is 0.101. The Hall–Kier alpha value is -0.970. The number of nitrogens with zero attached hydrogens (tertiary/aromatic N) is 3. The minimum atomic E-state index is 0.101. The SMILES string of the molecule is Cc1cn(C[C@]2(C)SC3CC(=O)N3[C@H]2C)cn1. The monoisotopic (exact) mass is 251 g/mol.